The van der Waals surface area contributed by atoms with Gasteiger partial charge in [0.05, 0.1) is 18.4 Å². The smallest absolute Gasteiger partial charge is 0.356 e. The third-order valence-corrected chi connectivity index (χ3v) is 4.29. The number of hydrogen-bond donors (Lipinski definition) is 2. The Morgan fingerprint density at radius 3 is 2.70 bits per heavy atom. The van der Waals surface area contributed by atoms with Crippen molar-refractivity contribution in [3.8, 4) is 0 Å². The molecule has 7 nitrogen and oxygen atoms in total. The minimum atomic E-state index is -0.653. The number of nitrogen functional groups attached to an aromatic ring is 1. The van der Waals surface area contributed by atoms with Crippen LogP contribution in [0, 0.1) is 0 Å². The van der Waals surface area contributed by atoms with Gasteiger partial charge in [-0.2, -0.15) is 0 Å². The van der Waals surface area contributed by atoms with Crippen molar-refractivity contribution >= 4 is 11.7 Å². The summed E-state index contributed by atoms with van der Waals surface area (Å²) in [4.78, 5) is 14.8. The highest BCUT2D eigenvalue weighted by Crippen LogP contribution is 2.47. The fraction of sp³-hybridized carbons (Fsp3) is 0.688. The summed E-state index contributed by atoms with van der Waals surface area (Å²) in [6.07, 6.45) is 1.68. The second-order valence-electron chi connectivity index (χ2n) is 6.32. The van der Waals surface area contributed by atoms with E-state index in [-0.39, 0.29) is 30.1 Å². The Bertz CT molecular complexity index is 597. The minimum absolute atomic E-state index is 0.0629. The summed E-state index contributed by atoms with van der Waals surface area (Å²) in [5, 5.41) is 0. The molecule has 0 aliphatic carbocycles. The van der Waals surface area contributed by atoms with Gasteiger partial charge in [0.15, 0.2) is 5.79 Å². The van der Waals surface area contributed by atoms with Crippen LogP contribution >= 0.6 is 0 Å². The first-order chi connectivity index (χ1) is 10.9. The maximum Gasteiger partial charge on any atom is 0.356 e. The van der Waals surface area contributed by atoms with Crippen LogP contribution in [0.1, 0.15) is 56.3 Å². The number of aromatic nitrogens is 1. The second kappa shape index (κ2) is 5.81. The number of ether oxygens (including phenoxy) is 4. The van der Waals surface area contributed by atoms with Crippen molar-refractivity contribution in [2.24, 2.45) is 0 Å². The number of H-pyrrole nitrogens is 1. The van der Waals surface area contributed by atoms with Crippen molar-refractivity contribution < 1.29 is 23.7 Å². The van der Waals surface area contributed by atoms with E-state index in [0.717, 1.165) is 6.42 Å². The average Bonchev–Trinajstić information content (AvgIpc) is 3.10. The SMILES string of the molecule is CCOC(=O)c1[nH]cc(C2OC(CC)C3OC(C)(C)OC23)c1N. The van der Waals surface area contributed by atoms with Crippen molar-refractivity contribution in [2.45, 2.75) is 64.3 Å². The fourth-order valence-corrected chi connectivity index (χ4v) is 3.32. The van der Waals surface area contributed by atoms with Crippen LogP contribution < -0.4 is 5.73 Å². The maximum absolute atomic E-state index is 11.9. The van der Waals surface area contributed by atoms with E-state index in [1.807, 2.05) is 20.8 Å². The molecule has 0 saturated carbocycles. The number of carbonyl (C=O) groups is 1. The van der Waals surface area contributed by atoms with Crippen LogP contribution in [0.3, 0.4) is 0 Å². The summed E-state index contributed by atoms with van der Waals surface area (Å²) in [6.45, 7) is 7.86. The van der Waals surface area contributed by atoms with Gasteiger partial charge in [-0.25, -0.2) is 4.79 Å². The molecule has 3 rings (SSSR count). The molecule has 7 heteroatoms. The van der Waals surface area contributed by atoms with Crippen LogP contribution in [0.5, 0.6) is 0 Å². The number of aromatic amines is 1. The molecule has 0 aromatic carbocycles. The second-order valence-corrected chi connectivity index (χ2v) is 6.32. The van der Waals surface area contributed by atoms with Gasteiger partial charge in [-0.3, -0.25) is 0 Å². The van der Waals surface area contributed by atoms with E-state index in [1.54, 1.807) is 13.1 Å². The van der Waals surface area contributed by atoms with E-state index >= 15 is 0 Å². The van der Waals surface area contributed by atoms with Gasteiger partial charge in [0.1, 0.15) is 24.0 Å². The number of rotatable bonds is 4. The van der Waals surface area contributed by atoms with Crippen molar-refractivity contribution in [2.75, 3.05) is 12.3 Å². The third kappa shape index (κ3) is 2.73. The van der Waals surface area contributed by atoms with Gasteiger partial charge in [0.25, 0.3) is 0 Å². The molecule has 2 aliphatic heterocycles. The van der Waals surface area contributed by atoms with E-state index in [4.69, 9.17) is 24.7 Å². The normalized spacial score (nSPS) is 32.0. The third-order valence-electron chi connectivity index (χ3n) is 4.29. The molecular weight excluding hydrogens is 300 g/mol. The highest BCUT2D eigenvalue weighted by molar-refractivity contribution is 5.94. The first-order valence-corrected chi connectivity index (χ1v) is 8.03. The molecule has 128 valence electrons. The van der Waals surface area contributed by atoms with Gasteiger partial charge in [-0.1, -0.05) is 6.92 Å². The largest absolute Gasteiger partial charge is 0.461 e. The molecule has 1 aromatic rings. The van der Waals surface area contributed by atoms with Crippen LogP contribution in [-0.2, 0) is 18.9 Å². The Hall–Kier alpha value is -1.57. The van der Waals surface area contributed by atoms with E-state index in [0.29, 0.717) is 17.9 Å². The van der Waals surface area contributed by atoms with Gasteiger partial charge in [0, 0.05) is 11.8 Å². The van der Waals surface area contributed by atoms with E-state index < -0.39 is 11.8 Å². The van der Waals surface area contributed by atoms with E-state index in [1.165, 1.54) is 0 Å². The van der Waals surface area contributed by atoms with Crippen molar-refractivity contribution in [3.63, 3.8) is 0 Å². The summed E-state index contributed by atoms with van der Waals surface area (Å²) in [5.74, 6) is -1.12. The highest BCUT2D eigenvalue weighted by Gasteiger charge is 2.55. The molecule has 2 aliphatic rings. The number of nitrogens with two attached hydrogens (primary N) is 1. The molecule has 2 saturated heterocycles. The number of anilines is 1. The molecule has 0 bridgehead atoms. The monoisotopic (exact) mass is 324 g/mol. The van der Waals surface area contributed by atoms with Gasteiger partial charge >= 0.3 is 5.97 Å². The van der Waals surface area contributed by atoms with Crippen LogP contribution in [0.15, 0.2) is 6.20 Å². The fourth-order valence-electron chi connectivity index (χ4n) is 3.32. The van der Waals surface area contributed by atoms with E-state index in [9.17, 15) is 4.79 Å². The zero-order valence-corrected chi connectivity index (χ0v) is 13.9. The van der Waals surface area contributed by atoms with Crippen LogP contribution in [0.4, 0.5) is 5.69 Å². The predicted molar refractivity (Wildman–Crippen MR) is 82.9 cm³/mol. The molecule has 3 N–H and O–H groups in total. The number of hydrogen-bond acceptors (Lipinski definition) is 6. The molecule has 0 amide bonds. The zero-order chi connectivity index (χ0) is 16.8. The predicted octanol–water partition coefficient (Wildman–Crippen LogP) is 2.14. The molecule has 4 unspecified atom stereocenters. The number of carbonyl (C=O) groups excluding carboxylic acids is 1. The lowest BCUT2D eigenvalue weighted by Crippen LogP contribution is -2.28. The first kappa shape index (κ1) is 16.3. The lowest BCUT2D eigenvalue weighted by atomic mass is 10.0. The molecule has 3 heterocycles. The summed E-state index contributed by atoms with van der Waals surface area (Å²) >= 11 is 0. The summed E-state index contributed by atoms with van der Waals surface area (Å²) < 4.78 is 23.1. The van der Waals surface area contributed by atoms with Gasteiger partial charge in [-0.05, 0) is 27.2 Å². The van der Waals surface area contributed by atoms with Crippen LogP contribution in [-0.4, -0.2) is 41.7 Å². The number of nitrogens with one attached hydrogen (secondary N) is 1. The number of esters is 1. The average molecular weight is 324 g/mol. The van der Waals surface area contributed by atoms with E-state index in [2.05, 4.69) is 4.98 Å². The molecule has 4 atom stereocenters. The van der Waals surface area contributed by atoms with Gasteiger partial charge < -0.3 is 29.7 Å². The molecule has 23 heavy (non-hydrogen) atoms. The summed E-state index contributed by atoms with van der Waals surface area (Å²) in [5.41, 5.74) is 7.45. The molecule has 2 fully saturated rings. The Kier molecular flexibility index (Phi) is 4.12. The summed E-state index contributed by atoms with van der Waals surface area (Å²) in [7, 11) is 0. The van der Waals surface area contributed by atoms with Crippen molar-refractivity contribution in [1.29, 1.82) is 0 Å². The summed E-state index contributed by atoms with van der Waals surface area (Å²) in [6, 6.07) is 0. The lowest BCUT2D eigenvalue weighted by Gasteiger charge is -2.23. The maximum atomic E-state index is 11.9. The first-order valence-electron chi connectivity index (χ1n) is 8.03. The Labute approximate surface area is 135 Å². The van der Waals surface area contributed by atoms with Gasteiger partial charge in [-0.15, -0.1) is 0 Å². The molecule has 0 radical (unpaired) electrons. The molecule has 0 spiro atoms. The van der Waals surface area contributed by atoms with Crippen molar-refractivity contribution in [3.05, 3.63) is 17.5 Å². The van der Waals surface area contributed by atoms with Crippen molar-refractivity contribution in [1.82, 2.24) is 4.98 Å². The lowest BCUT2D eigenvalue weighted by molar-refractivity contribution is -0.187. The van der Waals surface area contributed by atoms with Crippen LogP contribution in [0.25, 0.3) is 0 Å². The topological polar surface area (TPSA) is 95.8 Å². The molecular formula is C16H24N2O5. The minimum Gasteiger partial charge on any atom is -0.461 e. The number of fused-ring (bicyclic) bond motifs is 1. The standard InChI is InChI=1S/C16H24N2O5/c1-5-9-13-14(23-16(3,4)22-13)12(21-9)8-7-18-11(10(8)17)15(19)20-6-2/h7,9,12-14,18H,5-6,17H2,1-4H3. The Morgan fingerprint density at radius 1 is 1.35 bits per heavy atom. The van der Waals surface area contributed by atoms with Gasteiger partial charge in [0.2, 0.25) is 0 Å². The Morgan fingerprint density at radius 2 is 2.04 bits per heavy atom. The zero-order valence-electron chi connectivity index (χ0n) is 13.9. The molecule has 1 aromatic heterocycles. The highest BCUT2D eigenvalue weighted by atomic mass is 16.8. The van der Waals surface area contributed by atoms with Crippen LogP contribution in [0.2, 0.25) is 0 Å². The quantitative estimate of drug-likeness (QED) is 0.824. The Balaban J connectivity index is 1.89.